The van der Waals surface area contributed by atoms with E-state index in [1.165, 1.54) is 22.7 Å². The number of carbonyl (C=O) groups is 2. The highest BCUT2D eigenvalue weighted by molar-refractivity contribution is 7.23. The first-order valence-electron chi connectivity index (χ1n) is 6.63. The van der Waals surface area contributed by atoms with Gasteiger partial charge < -0.3 is 10.0 Å². The summed E-state index contributed by atoms with van der Waals surface area (Å²) in [5.41, 5.74) is -0.505. The quantitative estimate of drug-likeness (QED) is 0.914. The molecule has 1 saturated heterocycles. The van der Waals surface area contributed by atoms with Crippen LogP contribution in [0.5, 0.6) is 0 Å². The van der Waals surface area contributed by atoms with E-state index in [0.717, 1.165) is 9.88 Å². The lowest BCUT2D eigenvalue weighted by Gasteiger charge is -2.19. The Morgan fingerprint density at radius 3 is 2.82 bits per heavy atom. The van der Waals surface area contributed by atoms with Crippen molar-refractivity contribution in [1.82, 2.24) is 9.88 Å². The number of halogens is 1. The minimum Gasteiger partial charge on any atom is -0.481 e. The molecule has 1 aliphatic heterocycles. The monoisotopic (exact) mass is 356 g/mol. The van der Waals surface area contributed by atoms with E-state index < -0.39 is 11.4 Å². The first kappa shape index (κ1) is 15.5. The smallest absolute Gasteiger partial charge is 0.311 e. The highest BCUT2D eigenvalue weighted by atomic mass is 35.5. The predicted octanol–water partition coefficient (Wildman–Crippen LogP) is 3.46. The van der Waals surface area contributed by atoms with E-state index in [9.17, 15) is 14.7 Å². The summed E-state index contributed by atoms with van der Waals surface area (Å²) in [6.07, 6.45) is 0.464. The largest absolute Gasteiger partial charge is 0.481 e. The molecule has 1 unspecified atom stereocenters. The average molecular weight is 357 g/mol. The third kappa shape index (κ3) is 2.76. The van der Waals surface area contributed by atoms with Gasteiger partial charge in [-0.2, -0.15) is 0 Å². The summed E-state index contributed by atoms with van der Waals surface area (Å²) in [6.45, 7) is 2.33. The van der Waals surface area contributed by atoms with Gasteiger partial charge in [0.2, 0.25) is 0 Å². The number of nitrogens with zero attached hydrogens (tertiary/aromatic N) is 2. The Morgan fingerprint density at radius 2 is 2.23 bits per heavy atom. The summed E-state index contributed by atoms with van der Waals surface area (Å²) in [6, 6.07) is 3.67. The molecule has 22 heavy (non-hydrogen) atoms. The lowest BCUT2D eigenvalue weighted by Crippen LogP contribution is -2.35. The highest BCUT2D eigenvalue weighted by Gasteiger charge is 2.42. The first-order chi connectivity index (χ1) is 10.4. The summed E-state index contributed by atoms with van der Waals surface area (Å²) in [5.74, 6) is -1.08. The van der Waals surface area contributed by atoms with Gasteiger partial charge in [0.15, 0.2) is 0 Å². The molecule has 2 aromatic heterocycles. The van der Waals surface area contributed by atoms with Crippen molar-refractivity contribution in [2.45, 2.75) is 13.3 Å². The molecule has 2 aromatic rings. The van der Waals surface area contributed by atoms with Crippen LogP contribution in [0.15, 0.2) is 17.5 Å². The fourth-order valence-corrected chi connectivity index (χ4v) is 4.29. The van der Waals surface area contributed by atoms with Crippen LogP contribution < -0.4 is 0 Å². The third-order valence-electron chi connectivity index (χ3n) is 3.78. The molecule has 1 N–H and O–H groups in total. The fourth-order valence-electron chi connectivity index (χ4n) is 2.39. The van der Waals surface area contributed by atoms with Gasteiger partial charge in [0.1, 0.15) is 10.7 Å². The Labute approximate surface area is 140 Å². The Hall–Kier alpha value is -1.44. The molecule has 3 heterocycles. The predicted molar refractivity (Wildman–Crippen MR) is 86.7 cm³/mol. The number of hydrogen-bond acceptors (Lipinski definition) is 5. The number of amides is 1. The zero-order valence-electron chi connectivity index (χ0n) is 11.7. The van der Waals surface area contributed by atoms with Crippen LogP contribution in [-0.4, -0.2) is 40.0 Å². The normalized spacial score (nSPS) is 21.3. The number of hydrogen-bond donors (Lipinski definition) is 1. The minimum atomic E-state index is -0.866. The van der Waals surface area contributed by atoms with Crippen molar-refractivity contribution < 1.29 is 14.7 Å². The Balaban J connectivity index is 1.77. The number of aromatic nitrogens is 1. The highest BCUT2D eigenvalue weighted by Crippen LogP contribution is 2.34. The zero-order chi connectivity index (χ0) is 15.9. The number of likely N-dealkylation sites (tertiary alicyclic amines) is 1. The van der Waals surface area contributed by atoms with E-state index in [0.29, 0.717) is 23.0 Å². The number of carboxylic acid groups (broad SMARTS) is 1. The first-order valence-corrected chi connectivity index (χ1v) is 8.70. The van der Waals surface area contributed by atoms with Crippen LogP contribution >= 0.6 is 34.3 Å². The lowest BCUT2D eigenvalue weighted by molar-refractivity contribution is -0.147. The van der Waals surface area contributed by atoms with Crippen molar-refractivity contribution in [2.24, 2.45) is 5.41 Å². The van der Waals surface area contributed by atoms with E-state index in [4.69, 9.17) is 11.6 Å². The molecule has 116 valence electrons. The molecule has 0 bridgehead atoms. The molecule has 3 rings (SSSR count). The average Bonchev–Trinajstić information content (AvgIpc) is 3.17. The van der Waals surface area contributed by atoms with Crippen molar-refractivity contribution >= 4 is 46.2 Å². The number of rotatable bonds is 3. The number of carbonyl (C=O) groups excluding carboxylic acids is 1. The molecule has 0 aliphatic carbocycles. The van der Waals surface area contributed by atoms with Gasteiger partial charge in [0, 0.05) is 18.5 Å². The maximum atomic E-state index is 12.5. The standard InChI is InChI=1S/C14H13ClN2O3S2/c1-14(13(19)20)4-5-17(7-14)12(18)8-6-21-11(16-8)9-2-3-10(15)22-9/h2-3,6H,4-5,7H2,1H3,(H,19,20). The van der Waals surface area contributed by atoms with Crippen LogP contribution in [-0.2, 0) is 4.79 Å². The van der Waals surface area contributed by atoms with Gasteiger partial charge in [-0.1, -0.05) is 11.6 Å². The number of carboxylic acids is 1. The molecule has 0 radical (unpaired) electrons. The molecule has 1 atom stereocenters. The molecular formula is C14H13ClN2O3S2. The molecule has 0 spiro atoms. The second kappa shape index (κ2) is 5.64. The molecule has 0 saturated carbocycles. The lowest BCUT2D eigenvalue weighted by atomic mass is 9.90. The van der Waals surface area contributed by atoms with Crippen LogP contribution in [0.2, 0.25) is 4.34 Å². The summed E-state index contributed by atoms with van der Waals surface area (Å²) >= 11 is 8.71. The SMILES string of the molecule is CC1(C(=O)O)CCN(C(=O)c2csc(-c3ccc(Cl)s3)n2)C1. The van der Waals surface area contributed by atoms with Crippen LogP contribution in [0, 0.1) is 5.41 Å². The van der Waals surface area contributed by atoms with Gasteiger partial charge in [-0.25, -0.2) is 4.98 Å². The van der Waals surface area contributed by atoms with Crippen molar-refractivity contribution in [1.29, 1.82) is 0 Å². The van der Waals surface area contributed by atoms with Gasteiger partial charge in [-0.15, -0.1) is 22.7 Å². The summed E-state index contributed by atoms with van der Waals surface area (Å²) < 4.78 is 0.676. The van der Waals surface area contributed by atoms with Crippen molar-refractivity contribution in [2.75, 3.05) is 13.1 Å². The van der Waals surface area contributed by atoms with Crippen LogP contribution in [0.1, 0.15) is 23.8 Å². The van der Waals surface area contributed by atoms with Gasteiger partial charge in [0.25, 0.3) is 5.91 Å². The minimum absolute atomic E-state index is 0.213. The zero-order valence-corrected chi connectivity index (χ0v) is 14.1. The van der Waals surface area contributed by atoms with Crippen molar-refractivity contribution in [3.63, 3.8) is 0 Å². The molecule has 5 nitrogen and oxygen atoms in total. The Kier molecular flexibility index (Phi) is 3.96. The van der Waals surface area contributed by atoms with Gasteiger partial charge >= 0.3 is 5.97 Å². The Bertz CT molecular complexity index is 742. The van der Waals surface area contributed by atoms with Crippen LogP contribution in [0.3, 0.4) is 0 Å². The molecular weight excluding hydrogens is 344 g/mol. The Morgan fingerprint density at radius 1 is 1.45 bits per heavy atom. The maximum Gasteiger partial charge on any atom is 0.311 e. The van der Waals surface area contributed by atoms with Crippen molar-refractivity contribution in [3.8, 4) is 9.88 Å². The molecule has 0 aromatic carbocycles. The fraction of sp³-hybridized carbons (Fsp3) is 0.357. The number of aliphatic carboxylic acids is 1. The van der Waals surface area contributed by atoms with E-state index in [2.05, 4.69) is 4.98 Å². The van der Waals surface area contributed by atoms with Gasteiger partial charge in [-0.05, 0) is 25.5 Å². The van der Waals surface area contributed by atoms with Crippen LogP contribution in [0.4, 0.5) is 0 Å². The summed E-state index contributed by atoms with van der Waals surface area (Å²) in [4.78, 5) is 30.6. The second-order valence-corrected chi connectivity index (χ2v) is 8.06. The van der Waals surface area contributed by atoms with Gasteiger partial charge in [0.05, 0.1) is 14.6 Å². The molecule has 1 fully saturated rings. The molecule has 1 amide bonds. The van der Waals surface area contributed by atoms with E-state index in [1.54, 1.807) is 23.3 Å². The third-order valence-corrected chi connectivity index (χ3v) is 6.03. The summed E-state index contributed by atoms with van der Waals surface area (Å²) in [5, 5.41) is 11.7. The summed E-state index contributed by atoms with van der Waals surface area (Å²) in [7, 11) is 0. The number of thiophene rings is 1. The topological polar surface area (TPSA) is 70.5 Å². The maximum absolute atomic E-state index is 12.5. The van der Waals surface area contributed by atoms with E-state index >= 15 is 0 Å². The molecule has 1 aliphatic rings. The van der Waals surface area contributed by atoms with E-state index in [1.807, 2.05) is 6.07 Å². The van der Waals surface area contributed by atoms with Gasteiger partial charge in [-0.3, -0.25) is 9.59 Å². The van der Waals surface area contributed by atoms with Crippen molar-refractivity contribution in [3.05, 3.63) is 27.5 Å². The van der Waals surface area contributed by atoms with Crippen LogP contribution in [0.25, 0.3) is 9.88 Å². The molecule has 8 heteroatoms. The number of thiazole rings is 1. The second-order valence-electron chi connectivity index (χ2n) is 5.48. The van der Waals surface area contributed by atoms with E-state index in [-0.39, 0.29) is 12.5 Å².